The molecule has 0 aromatic carbocycles. The van der Waals surface area contributed by atoms with Crippen LogP contribution in [0.3, 0.4) is 0 Å². The predicted octanol–water partition coefficient (Wildman–Crippen LogP) is 4.30. The number of aromatic amines is 2. The topological polar surface area (TPSA) is 64.8 Å². The maximum atomic E-state index is 12.9. The van der Waals surface area contributed by atoms with Gasteiger partial charge in [-0.3, -0.25) is 4.79 Å². The minimum Gasteiger partial charge on any atom is -0.357 e. The van der Waals surface area contributed by atoms with E-state index in [1.807, 2.05) is 42.4 Å². The van der Waals surface area contributed by atoms with Crippen LogP contribution in [0.25, 0.3) is 22.2 Å². The highest BCUT2D eigenvalue weighted by Crippen LogP contribution is 2.27. The lowest BCUT2D eigenvalue weighted by molar-refractivity contribution is 0.0774. The van der Waals surface area contributed by atoms with Crippen LogP contribution in [0.4, 0.5) is 0 Å². The van der Waals surface area contributed by atoms with E-state index in [4.69, 9.17) is 0 Å². The number of likely N-dealkylation sites (N-methyl/N-ethyl adjacent to an activating group) is 1. The molecule has 2 N–H and O–H groups in total. The Morgan fingerprint density at radius 1 is 1.27 bits per heavy atom. The number of rotatable bonds is 5. The lowest BCUT2D eigenvalue weighted by atomic mass is 10.1. The van der Waals surface area contributed by atoms with Gasteiger partial charge in [0.25, 0.3) is 5.91 Å². The molecule has 4 rings (SSSR count). The van der Waals surface area contributed by atoms with Crippen molar-refractivity contribution in [2.45, 2.75) is 19.8 Å². The molecule has 26 heavy (non-hydrogen) atoms. The number of hydrogen-bond acceptors (Lipinski definition) is 2. The molecule has 0 saturated heterocycles. The average molecular weight is 346 g/mol. The van der Waals surface area contributed by atoms with Crippen molar-refractivity contribution in [2.75, 3.05) is 13.1 Å². The zero-order valence-corrected chi connectivity index (χ0v) is 14.8. The summed E-state index contributed by atoms with van der Waals surface area (Å²) in [5.74, 6) is 0.0259. The molecule has 3 aromatic rings. The molecule has 5 nitrogen and oxygen atoms in total. The van der Waals surface area contributed by atoms with E-state index in [0.717, 1.165) is 35.0 Å². The average Bonchev–Trinajstić information content (AvgIpc) is 3.35. The highest BCUT2D eigenvalue weighted by atomic mass is 16.2. The smallest absolute Gasteiger partial charge is 0.270 e. The highest BCUT2D eigenvalue weighted by molar-refractivity contribution is 5.97. The lowest BCUT2D eigenvalue weighted by Crippen LogP contribution is -2.32. The van der Waals surface area contributed by atoms with Crippen LogP contribution in [0.2, 0.25) is 0 Å². The van der Waals surface area contributed by atoms with E-state index in [0.29, 0.717) is 18.8 Å². The van der Waals surface area contributed by atoms with Gasteiger partial charge in [0.2, 0.25) is 0 Å². The Kier molecular flexibility index (Phi) is 4.44. The summed E-state index contributed by atoms with van der Waals surface area (Å²) in [6.07, 6.45) is 14.2. The Balaban J connectivity index is 1.58. The van der Waals surface area contributed by atoms with Crippen LogP contribution in [0, 0.1) is 0 Å². The zero-order chi connectivity index (χ0) is 17.9. The maximum Gasteiger partial charge on any atom is 0.270 e. The molecule has 0 bridgehead atoms. The maximum absolute atomic E-state index is 12.9. The molecule has 0 spiro atoms. The fourth-order valence-electron chi connectivity index (χ4n) is 3.39. The van der Waals surface area contributed by atoms with Crippen LogP contribution in [-0.2, 0) is 0 Å². The third kappa shape index (κ3) is 3.08. The predicted molar refractivity (Wildman–Crippen MR) is 104 cm³/mol. The van der Waals surface area contributed by atoms with Gasteiger partial charge in [-0.2, -0.15) is 0 Å². The lowest BCUT2D eigenvalue weighted by Gasteiger charge is -2.21. The molecule has 3 heterocycles. The summed E-state index contributed by atoms with van der Waals surface area (Å²) in [5.41, 5.74) is 4.73. The molecule has 0 fully saturated rings. The molecule has 1 aliphatic carbocycles. The first kappa shape index (κ1) is 16.4. The monoisotopic (exact) mass is 346 g/mol. The van der Waals surface area contributed by atoms with Gasteiger partial charge in [0.1, 0.15) is 11.3 Å². The van der Waals surface area contributed by atoms with E-state index >= 15 is 0 Å². The summed E-state index contributed by atoms with van der Waals surface area (Å²) in [6, 6.07) is 5.91. The molecular weight excluding hydrogens is 324 g/mol. The summed E-state index contributed by atoms with van der Waals surface area (Å²) in [7, 11) is 0. The number of aromatic nitrogens is 3. The molecule has 0 atom stereocenters. The highest BCUT2D eigenvalue weighted by Gasteiger charge is 2.18. The Morgan fingerprint density at radius 2 is 2.19 bits per heavy atom. The van der Waals surface area contributed by atoms with Crippen molar-refractivity contribution in [1.82, 2.24) is 19.9 Å². The molecule has 5 heteroatoms. The number of amides is 1. The van der Waals surface area contributed by atoms with Crippen LogP contribution < -0.4 is 0 Å². The van der Waals surface area contributed by atoms with Gasteiger partial charge in [-0.1, -0.05) is 18.2 Å². The zero-order valence-electron chi connectivity index (χ0n) is 14.8. The quantitative estimate of drug-likeness (QED) is 0.723. The van der Waals surface area contributed by atoms with Crippen molar-refractivity contribution in [2.24, 2.45) is 0 Å². The second kappa shape index (κ2) is 7.04. The fraction of sp³-hybridized carbons (Fsp3) is 0.238. The first-order chi connectivity index (χ1) is 12.8. The van der Waals surface area contributed by atoms with Crippen LogP contribution in [0.1, 0.15) is 30.3 Å². The van der Waals surface area contributed by atoms with E-state index in [9.17, 15) is 4.79 Å². The third-order valence-corrected chi connectivity index (χ3v) is 4.80. The van der Waals surface area contributed by atoms with E-state index in [-0.39, 0.29) is 5.91 Å². The number of H-pyrrole nitrogens is 2. The van der Waals surface area contributed by atoms with Gasteiger partial charge in [0, 0.05) is 42.6 Å². The summed E-state index contributed by atoms with van der Waals surface area (Å²) in [6.45, 7) is 3.34. The van der Waals surface area contributed by atoms with Crippen molar-refractivity contribution >= 4 is 16.9 Å². The fourth-order valence-corrected chi connectivity index (χ4v) is 3.39. The van der Waals surface area contributed by atoms with E-state index < -0.39 is 0 Å². The number of carbonyl (C=O) groups is 1. The van der Waals surface area contributed by atoms with Gasteiger partial charge < -0.3 is 14.9 Å². The normalized spacial score (nSPS) is 13.8. The standard InChI is InChI=1S/C21H22N4O/c1-2-25(14-15-6-4-3-5-7-15)21(26)19-12-16(13-24-19)17-8-10-22-20-18(17)9-11-23-20/h4,6-13,24H,2-3,5,14H2,1H3,(H,22,23). The largest absolute Gasteiger partial charge is 0.357 e. The second-order valence-corrected chi connectivity index (χ2v) is 6.48. The van der Waals surface area contributed by atoms with Crippen LogP contribution in [-0.4, -0.2) is 38.8 Å². The second-order valence-electron chi connectivity index (χ2n) is 6.48. The Bertz CT molecular complexity index is 992. The van der Waals surface area contributed by atoms with E-state index in [1.54, 1.807) is 6.20 Å². The van der Waals surface area contributed by atoms with Crippen molar-refractivity contribution in [1.29, 1.82) is 0 Å². The SMILES string of the molecule is CCN(CC1=CCCC=C1)C(=O)c1cc(-c2ccnc3[nH]ccc23)c[nH]1. The summed E-state index contributed by atoms with van der Waals surface area (Å²) >= 11 is 0. The minimum absolute atomic E-state index is 0.0259. The van der Waals surface area contributed by atoms with Crippen molar-refractivity contribution in [3.05, 3.63) is 66.3 Å². The Labute approximate surface area is 152 Å². The van der Waals surface area contributed by atoms with E-state index in [1.165, 1.54) is 5.57 Å². The van der Waals surface area contributed by atoms with Crippen molar-refractivity contribution in [3.63, 3.8) is 0 Å². The summed E-state index contributed by atoms with van der Waals surface area (Å²) < 4.78 is 0. The van der Waals surface area contributed by atoms with Gasteiger partial charge >= 0.3 is 0 Å². The third-order valence-electron chi connectivity index (χ3n) is 4.80. The first-order valence-electron chi connectivity index (χ1n) is 9.02. The van der Waals surface area contributed by atoms with Gasteiger partial charge in [-0.25, -0.2) is 4.98 Å². The van der Waals surface area contributed by atoms with Crippen LogP contribution in [0.15, 0.2) is 60.6 Å². The minimum atomic E-state index is 0.0259. The number of hydrogen-bond donors (Lipinski definition) is 2. The van der Waals surface area contributed by atoms with Crippen molar-refractivity contribution in [3.8, 4) is 11.1 Å². The van der Waals surface area contributed by atoms with Crippen molar-refractivity contribution < 1.29 is 4.79 Å². The number of allylic oxidation sites excluding steroid dienone is 2. The number of pyridine rings is 1. The summed E-state index contributed by atoms with van der Waals surface area (Å²) in [4.78, 5) is 25.4. The molecular formula is C21H22N4O. The van der Waals surface area contributed by atoms with Gasteiger partial charge in [0.15, 0.2) is 0 Å². The number of carbonyl (C=O) groups excluding carboxylic acids is 1. The molecule has 0 unspecified atom stereocenters. The number of nitrogens with one attached hydrogen (secondary N) is 2. The molecule has 0 saturated carbocycles. The molecule has 0 radical (unpaired) electrons. The molecule has 1 amide bonds. The van der Waals surface area contributed by atoms with Crippen LogP contribution >= 0.6 is 0 Å². The Morgan fingerprint density at radius 3 is 3.00 bits per heavy atom. The Hall–Kier alpha value is -3.08. The molecule has 0 aliphatic heterocycles. The summed E-state index contributed by atoms with van der Waals surface area (Å²) in [5, 5.41) is 1.05. The molecule has 132 valence electrons. The van der Waals surface area contributed by atoms with Gasteiger partial charge in [0.05, 0.1) is 0 Å². The molecule has 3 aromatic heterocycles. The van der Waals surface area contributed by atoms with Gasteiger partial charge in [-0.15, -0.1) is 0 Å². The number of fused-ring (bicyclic) bond motifs is 1. The van der Waals surface area contributed by atoms with Crippen LogP contribution in [0.5, 0.6) is 0 Å². The van der Waals surface area contributed by atoms with Gasteiger partial charge in [-0.05, 0) is 49.1 Å². The number of nitrogens with zero attached hydrogens (tertiary/aromatic N) is 2. The van der Waals surface area contributed by atoms with E-state index in [2.05, 4.69) is 33.2 Å². The molecule has 1 aliphatic rings. The first-order valence-corrected chi connectivity index (χ1v) is 9.02.